The molecular weight excluding hydrogens is 232 g/mol. The highest BCUT2D eigenvalue weighted by atomic mass is 16.4. The summed E-state index contributed by atoms with van der Waals surface area (Å²) in [5.41, 5.74) is 0.0429. The molecule has 0 heterocycles. The summed E-state index contributed by atoms with van der Waals surface area (Å²) >= 11 is 0. The summed E-state index contributed by atoms with van der Waals surface area (Å²) in [5, 5.41) is 11.7. The topological polar surface area (TPSA) is 69.6 Å². The third-order valence-electron chi connectivity index (χ3n) is 2.77. The molecule has 0 aliphatic heterocycles. The van der Waals surface area contributed by atoms with Crippen LogP contribution in [0, 0.1) is 11.3 Å². The summed E-state index contributed by atoms with van der Waals surface area (Å²) in [4.78, 5) is 24.3. The standard InChI is InChI=1S/C13H22N2O3/c1-13(2,3)8-15(4)12(18)14-10-6-5-9(7-10)11(16)17/h5-6,9-10H,7-8H2,1-4H3,(H,14,18)(H,16,17). The van der Waals surface area contributed by atoms with Gasteiger partial charge in [0.05, 0.1) is 12.0 Å². The van der Waals surface area contributed by atoms with Gasteiger partial charge in [-0.25, -0.2) is 4.79 Å². The molecule has 0 aromatic carbocycles. The zero-order valence-electron chi connectivity index (χ0n) is 11.4. The van der Waals surface area contributed by atoms with Crippen molar-refractivity contribution >= 4 is 12.0 Å². The number of rotatable bonds is 3. The number of hydrogen-bond donors (Lipinski definition) is 2. The molecule has 0 saturated heterocycles. The third-order valence-corrected chi connectivity index (χ3v) is 2.77. The molecule has 2 unspecified atom stereocenters. The van der Waals surface area contributed by atoms with Gasteiger partial charge in [-0.3, -0.25) is 4.79 Å². The predicted molar refractivity (Wildman–Crippen MR) is 69.3 cm³/mol. The quantitative estimate of drug-likeness (QED) is 0.753. The summed E-state index contributed by atoms with van der Waals surface area (Å²) in [5.74, 6) is -1.32. The van der Waals surface area contributed by atoms with Gasteiger partial charge in [-0.2, -0.15) is 0 Å². The van der Waals surface area contributed by atoms with Crippen LogP contribution in [0.1, 0.15) is 27.2 Å². The minimum atomic E-state index is -0.842. The number of urea groups is 1. The molecule has 0 saturated carbocycles. The van der Waals surface area contributed by atoms with Crippen LogP contribution >= 0.6 is 0 Å². The number of hydrogen-bond acceptors (Lipinski definition) is 2. The fourth-order valence-corrected chi connectivity index (χ4v) is 2.04. The lowest BCUT2D eigenvalue weighted by atomic mass is 9.96. The summed E-state index contributed by atoms with van der Waals surface area (Å²) in [7, 11) is 1.74. The Kier molecular flexibility index (Phi) is 4.38. The first kappa shape index (κ1) is 14.5. The molecule has 1 rings (SSSR count). The lowest BCUT2D eigenvalue weighted by molar-refractivity contribution is -0.140. The molecule has 1 aliphatic carbocycles. The Morgan fingerprint density at radius 2 is 2.00 bits per heavy atom. The van der Waals surface area contributed by atoms with Crippen LogP contribution in [0.15, 0.2) is 12.2 Å². The molecule has 0 aromatic rings. The Labute approximate surface area is 108 Å². The largest absolute Gasteiger partial charge is 0.481 e. The maximum absolute atomic E-state index is 11.9. The summed E-state index contributed by atoms with van der Waals surface area (Å²) in [6, 6.07) is -0.341. The molecule has 1 aliphatic rings. The average molecular weight is 254 g/mol. The van der Waals surface area contributed by atoms with E-state index in [4.69, 9.17) is 5.11 Å². The van der Waals surface area contributed by atoms with Crippen molar-refractivity contribution in [3.8, 4) is 0 Å². The first-order chi connectivity index (χ1) is 8.19. The molecule has 0 fully saturated rings. The number of carboxylic acid groups (broad SMARTS) is 1. The van der Waals surface area contributed by atoms with Crippen molar-refractivity contribution in [1.29, 1.82) is 0 Å². The SMILES string of the molecule is CN(CC(C)(C)C)C(=O)NC1C=CC(C(=O)O)C1. The highest BCUT2D eigenvalue weighted by Gasteiger charge is 2.26. The van der Waals surface area contributed by atoms with Crippen LogP contribution in [0.3, 0.4) is 0 Å². The van der Waals surface area contributed by atoms with Crippen molar-refractivity contribution in [2.75, 3.05) is 13.6 Å². The summed E-state index contributed by atoms with van der Waals surface area (Å²) in [6.07, 6.45) is 3.82. The molecule has 18 heavy (non-hydrogen) atoms. The van der Waals surface area contributed by atoms with E-state index in [1.54, 1.807) is 24.1 Å². The van der Waals surface area contributed by atoms with E-state index >= 15 is 0 Å². The first-order valence-electron chi connectivity index (χ1n) is 6.12. The molecule has 0 spiro atoms. The molecule has 2 N–H and O–H groups in total. The van der Waals surface area contributed by atoms with Crippen molar-refractivity contribution in [3.05, 3.63) is 12.2 Å². The number of aliphatic carboxylic acids is 1. The van der Waals surface area contributed by atoms with Crippen molar-refractivity contribution in [1.82, 2.24) is 10.2 Å². The molecule has 2 amide bonds. The zero-order chi connectivity index (χ0) is 13.9. The van der Waals surface area contributed by atoms with Gasteiger partial charge in [-0.15, -0.1) is 0 Å². The lowest BCUT2D eigenvalue weighted by Crippen LogP contribution is -2.45. The van der Waals surface area contributed by atoms with Gasteiger partial charge in [0.15, 0.2) is 0 Å². The Balaban J connectivity index is 2.43. The van der Waals surface area contributed by atoms with Gasteiger partial charge in [-0.1, -0.05) is 32.9 Å². The molecule has 2 atom stereocenters. The fraction of sp³-hybridized carbons (Fsp3) is 0.692. The maximum Gasteiger partial charge on any atom is 0.317 e. The molecule has 0 bridgehead atoms. The maximum atomic E-state index is 11.9. The van der Waals surface area contributed by atoms with Gasteiger partial charge in [0, 0.05) is 13.6 Å². The number of nitrogens with zero attached hydrogens (tertiary/aromatic N) is 1. The Morgan fingerprint density at radius 1 is 1.39 bits per heavy atom. The Morgan fingerprint density at radius 3 is 2.44 bits per heavy atom. The van der Waals surface area contributed by atoms with Gasteiger partial charge in [0.2, 0.25) is 0 Å². The van der Waals surface area contributed by atoms with Crippen LogP contribution in [-0.2, 0) is 4.79 Å². The van der Waals surface area contributed by atoms with Crippen LogP contribution in [0.5, 0.6) is 0 Å². The summed E-state index contributed by atoms with van der Waals surface area (Å²) in [6.45, 7) is 6.84. The van der Waals surface area contributed by atoms with E-state index in [0.717, 1.165) is 0 Å². The second-order valence-electron chi connectivity index (χ2n) is 6.04. The van der Waals surface area contributed by atoms with Crippen LogP contribution < -0.4 is 5.32 Å². The monoisotopic (exact) mass is 254 g/mol. The highest BCUT2D eigenvalue weighted by molar-refractivity contribution is 5.76. The van der Waals surface area contributed by atoms with E-state index in [1.165, 1.54) is 0 Å². The van der Waals surface area contributed by atoms with E-state index in [9.17, 15) is 9.59 Å². The first-order valence-corrected chi connectivity index (χ1v) is 6.12. The smallest absolute Gasteiger partial charge is 0.317 e. The number of nitrogens with one attached hydrogen (secondary N) is 1. The second-order valence-corrected chi connectivity index (χ2v) is 6.04. The van der Waals surface area contributed by atoms with E-state index in [2.05, 4.69) is 26.1 Å². The van der Waals surface area contributed by atoms with Crippen LogP contribution in [0.4, 0.5) is 4.79 Å². The summed E-state index contributed by atoms with van der Waals surface area (Å²) < 4.78 is 0. The normalized spacial score (nSPS) is 22.9. The molecular formula is C13H22N2O3. The number of amides is 2. The van der Waals surface area contributed by atoms with Crippen molar-refractivity contribution in [2.45, 2.75) is 33.2 Å². The minimum absolute atomic E-state index is 0.0429. The van der Waals surface area contributed by atoms with Crippen LogP contribution in [0.2, 0.25) is 0 Å². The van der Waals surface area contributed by atoms with E-state index in [-0.39, 0.29) is 17.5 Å². The molecule has 5 heteroatoms. The van der Waals surface area contributed by atoms with Crippen molar-refractivity contribution in [3.63, 3.8) is 0 Å². The van der Waals surface area contributed by atoms with E-state index < -0.39 is 11.9 Å². The molecule has 0 radical (unpaired) electrons. The molecule has 102 valence electrons. The highest BCUT2D eigenvalue weighted by Crippen LogP contribution is 2.19. The minimum Gasteiger partial charge on any atom is -0.481 e. The van der Waals surface area contributed by atoms with E-state index in [0.29, 0.717) is 13.0 Å². The fourth-order valence-electron chi connectivity index (χ4n) is 2.04. The molecule has 0 aromatic heterocycles. The van der Waals surface area contributed by atoms with Gasteiger partial charge in [0.1, 0.15) is 0 Å². The number of carbonyl (C=O) groups excluding carboxylic acids is 1. The number of carbonyl (C=O) groups is 2. The van der Waals surface area contributed by atoms with Gasteiger partial charge in [0.25, 0.3) is 0 Å². The van der Waals surface area contributed by atoms with Gasteiger partial charge < -0.3 is 15.3 Å². The third kappa shape index (κ3) is 4.39. The van der Waals surface area contributed by atoms with Gasteiger partial charge >= 0.3 is 12.0 Å². The van der Waals surface area contributed by atoms with E-state index in [1.807, 2.05) is 0 Å². The average Bonchev–Trinajstić information content (AvgIpc) is 2.63. The van der Waals surface area contributed by atoms with Crippen molar-refractivity contribution in [2.24, 2.45) is 11.3 Å². The van der Waals surface area contributed by atoms with Crippen LogP contribution in [-0.4, -0.2) is 41.6 Å². The second kappa shape index (κ2) is 5.42. The zero-order valence-corrected chi connectivity index (χ0v) is 11.4. The van der Waals surface area contributed by atoms with Gasteiger partial charge in [-0.05, 0) is 11.8 Å². The van der Waals surface area contributed by atoms with Crippen LogP contribution in [0.25, 0.3) is 0 Å². The predicted octanol–water partition coefficient (Wildman–Crippen LogP) is 1.70. The molecule has 5 nitrogen and oxygen atoms in total. The Bertz CT molecular complexity index is 358. The lowest BCUT2D eigenvalue weighted by Gasteiger charge is -2.27. The van der Waals surface area contributed by atoms with Crippen molar-refractivity contribution < 1.29 is 14.7 Å². The number of carboxylic acids is 1. The Hall–Kier alpha value is -1.52.